The summed E-state index contributed by atoms with van der Waals surface area (Å²) in [5, 5.41) is 19.9. The molecule has 1 aliphatic heterocycles. The Morgan fingerprint density at radius 3 is 1.35 bits per heavy atom. The van der Waals surface area contributed by atoms with Crippen LogP contribution >= 0.6 is 56.1 Å². The molecule has 0 unspecified atom stereocenters. The molecule has 0 bridgehead atoms. The molecule has 0 amide bonds. The third kappa shape index (κ3) is 39.2. The van der Waals surface area contributed by atoms with E-state index in [9.17, 15) is 22.8 Å². The second kappa shape index (κ2) is 52.1. The van der Waals surface area contributed by atoms with Gasteiger partial charge in [0, 0.05) is 232 Å². The molecular formula is C53H63F3Ir7N8O4P4S4. The topological polar surface area (TPSA) is 158 Å². The number of aromatic carboxylic acids is 2. The molecule has 3 aromatic carbocycles. The Kier molecular flexibility index (Phi) is 58.7. The van der Waals surface area contributed by atoms with E-state index < -0.39 is 29.4 Å². The molecule has 4 aromatic heterocycles. The van der Waals surface area contributed by atoms with Crippen molar-refractivity contribution < 1.29 is 174 Å². The van der Waals surface area contributed by atoms with Crippen molar-refractivity contribution in [1.82, 2.24) is 29.9 Å². The van der Waals surface area contributed by atoms with Crippen molar-refractivity contribution >= 4 is 129 Å². The van der Waals surface area contributed by atoms with Crippen LogP contribution in [0.2, 0.25) is 0 Å². The number of carboxylic acid groups (broad SMARTS) is 2. The van der Waals surface area contributed by atoms with Crippen LogP contribution in [0.1, 0.15) is 37.9 Å². The van der Waals surface area contributed by atoms with Crippen molar-refractivity contribution in [3.63, 3.8) is 0 Å². The number of alkyl halides is 3. The summed E-state index contributed by atoms with van der Waals surface area (Å²) in [5.41, 5.74) is 3.14. The van der Waals surface area contributed by atoms with Crippen LogP contribution in [-0.2, 0) is 172 Å². The summed E-state index contributed by atoms with van der Waals surface area (Å²) in [7, 11) is 1.73. The number of pyridine rings is 2. The normalized spacial score (nSPS) is 10.1. The Morgan fingerprint density at radius 1 is 0.566 bits per heavy atom. The fraction of sp³-hybridized carbons (Fsp3) is 0.226. The number of halogens is 3. The van der Waals surface area contributed by atoms with Crippen LogP contribution in [0.15, 0.2) is 153 Å². The van der Waals surface area contributed by atoms with Gasteiger partial charge in [-0.25, -0.2) is 19.6 Å². The molecule has 1 aliphatic rings. The van der Waals surface area contributed by atoms with E-state index in [0.717, 1.165) is 11.9 Å². The maximum atomic E-state index is 12.0. The minimum atomic E-state index is -4.53. The van der Waals surface area contributed by atoms with Gasteiger partial charge in [0.2, 0.25) is 0 Å². The number of para-hydroxylation sites is 3. The van der Waals surface area contributed by atoms with E-state index >= 15 is 0 Å². The average Bonchev–Trinajstić information content (AvgIpc) is 3.75. The zero-order valence-electron chi connectivity index (χ0n) is 45.8. The minimum absolute atomic E-state index is 0. The van der Waals surface area contributed by atoms with E-state index in [2.05, 4.69) is 192 Å². The van der Waals surface area contributed by atoms with Crippen LogP contribution in [0.5, 0.6) is 0 Å². The second-order valence-corrected chi connectivity index (χ2v) is 29.9. The molecule has 7 aromatic rings. The predicted octanol–water partition coefficient (Wildman–Crippen LogP) is 11.0. The molecule has 0 saturated carbocycles. The zero-order chi connectivity index (χ0) is 56.8. The van der Waals surface area contributed by atoms with Gasteiger partial charge in [0.05, 0.1) is 68.3 Å². The van der Waals surface area contributed by atoms with Crippen molar-refractivity contribution in [1.29, 1.82) is 0 Å². The average molecular weight is 2530 g/mol. The molecule has 12 nitrogen and oxygen atoms in total. The Morgan fingerprint density at radius 2 is 1.00 bits per heavy atom. The number of benzene rings is 3. The third-order valence-corrected chi connectivity index (χ3v) is 16.7. The standard InChI is InChI=1S/C14H12N2.C10H16P2.C7H4F3NO2.C6H5NS2.C6H16P2.C5H4N2O2.C5H4N2S2.7Ir/c1-15-11-16(12-7-3-2-4-8-12)14-10-6-5-9-13(14)15;1-11(2)9-7-5-6-8-10(9)12(3)4;8-7(9,10)4-1-2-11-5(3-4)6(12)13;8-6(9)5-3-1-2-4-7-5;1-7(2)5-6-8(3)4;2*8-5(9)4-3-6-1-2-7-4;;;;;;;/h2-7,9-11H,1H3;5-8H,1-4H3;1-3H,(H,12,13);1-4H,(H,8,9);5-6H2,1-4H3;2*1-3H,(H,8,9);;;;;;;/q-2;;;;;;;;;;;;;/p+2. The zero-order valence-corrected chi connectivity index (χ0v) is 69.8. The number of aromatic nitrogens is 6. The van der Waals surface area contributed by atoms with E-state index in [-0.39, 0.29) is 178 Å². The monoisotopic (exact) mass is 2540 g/mol. The molecule has 30 heteroatoms. The van der Waals surface area contributed by atoms with Crippen LogP contribution in [0.25, 0.3) is 0 Å². The first-order chi connectivity index (χ1) is 35.9. The summed E-state index contributed by atoms with van der Waals surface area (Å²) in [4.78, 5) is 46.5. The fourth-order valence-electron chi connectivity index (χ4n) is 5.87. The van der Waals surface area contributed by atoms with Gasteiger partial charge in [0.1, 0.15) is 16.3 Å². The van der Waals surface area contributed by atoms with Crippen LogP contribution in [0.4, 0.5) is 30.2 Å². The van der Waals surface area contributed by atoms with Gasteiger partial charge < -0.3 is 69.7 Å². The molecule has 0 aliphatic carbocycles. The van der Waals surface area contributed by atoms with Crippen molar-refractivity contribution in [3.05, 3.63) is 194 Å². The van der Waals surface area contributed by atoms with Gasteiger partial charge in [-0.2, -0.15) is 50.2 Å². The molecule has 0 spiro atoms. The maximum Gasteiger partial charge on any atom is 0.416 e. The smallest absolute Gasteiger partial charge is 0.416 e. The van der Waals surface area contributed by atoms with Crippen LogP contribution in [-0.4, -0.2) is 133 Å². The number of nitrogens with zero attached hydrogens (tertiary/aromatic N) is 8. The molecule has 8 rings (SSSR count). The fourth-order valence-corrected chi connectivity index (χ4v) is 13.9. The van der Waals surface area contributed by atoms with Gasteiger partial charge in [0.25, 0.3) is 0 Å². The molecule has 2 N–H and O–H groups in total. The van der Waals surface area contributed by atoms with E-state index in [4.69, 9.17) is 35.1 Å². The Hall–Kier alpha value is -0.665. The number of carbonyl (C=O) groups is 2. The van der Waals surface area contributed by atoms with Crippen molar-refractivity contribution in [2.24, 2.45) is 0 Å². The van der Waals surface area contributed by atoms with Gasteiger partial charge in [-0.15, -0.1) is 14.1 Å². The Labute approximate surface area is 608 Å². The second-order valence-electron chi connectivity index (χ2n) is 16.8. The molecule has 467 valence electrons. The van der Waals surface area contributed by atoms with E-state index in [0.29, 0.717) is 31.9 Å². The van der Waals surface area contributed by atoms with Crippen molar-refractivity contribution in [2.75, 3.05) is 82.5 Å². The van der Waals surface area contributed by atoms with Gasteiger partial charge in [-0.05, 0) is 71.4 Å². The number of thiocarbonyl (C=S) groups is 2. The number of hydrogen-bond acceptors (Lipinski definition) is 14. The van der Waals surface area contributed by atoms with Crippen LogP contribution in [0, 0.1) is 12.7 Å². The number of carboxylic acids is 2. The van der Waals surface area contributed by atoms with Crippen molar-refractivity contribution in [3.8, 4) is 0 Å². The maximum absolute atomic E-state index is 12.0. The number of rotatable bonds is 10. The third-order valence-electron chi connectivity index (χ3n) is 9.63. The molecule has 83 heavy (non-hydrogen) atoms. The first-order valence-corrected chi connectivity index (χ1v) is 35.1. The molecule has 5 heterocycles. The van der Waals surface area contributed by atoms with Gasteiger partial charge in [0.15, 0.2) is 5.69 Å². The molecular weight excluding hydrogens is 2470 g/mol. The molecule has 7 radical (unpaired) electrons. The predicted molar refractivity (Wildman–Crippen MR) is 332 cm³/mol. The summed E-state index contributed by atoms with van der Waals surface area (Å²) < 4.78 is 36.8. The first-order valence-electron chi connectivity index (χ1n) is 23.0. The summed E-state index contributed by atoms with van der Waals surface area (Å²) in [6, 6.07) is 35.2. The minimum Gasteiger partial charge on any atom is -0.504 e. The Bertz CT molecular complexity index is 2700. The molecule has 0 fully saturated rings. The number of fused-ring (bicyclic) bond motifs is 1. The molecule has 0 saturated heterocycles. The van der Waals surface area contributed by atoms with Crippen molar-refractivity contribution in [2.45, 2.75) is 6.18 Å². The SMILES string of the molecule is CN1[CH-]N(c2[c-]cccc2)c2ccccc21.C[PH+](C)CC[PH+](C)C.C[PH+](C)c1ccccc1[PH+](C)C.O=C(O)c1cc(C(F)(F)F)ccn1.O=C(O)c1cnccn1.S=C([S-])c1ccccn1.S=C([S-])c1cnccn1.[Ir].[Ir].[Ir].[Ir].[Ir].[Ir].[Ir]. The van der Waals surface area contributed by atoms with E-state index in [1.54, 1.807) is 41.5 Å². The largest absolute Gasteiger partial charge is 0.504 e. The Balaban J connectivity index is -0.000000208. The van der Waals surface area contributed by atoms with Gasteiger partial charge in [-0.1, -0.05) is 30.3 Å². The van der Waals surface area contributed by atoms with Gasteiger partial charge >= 0.3 is 18.1 Å². The van der Waals surface area contributed by atoms with Crippen LogP contribution < -0.4 is 20.4 Å². The quantitative estimate of drug-likeness (QED) is 0.0576. The van der Waals surface area contributed by atoms with E-state index in [1.807, 2.05) is 30.3 Å². The summed E-state index contributed by atoms with van der Waals surface area (Å²) >= 11 is 18.8. The number of anilines is 3. The molecule has 0 atom stereocenters. The van der Waals surface area contributed by atoms with Gasteiger partial charge in [-0.3, -0.25) is 19.9 Å². The number of hydrogen-bond donors (Lipinski definition) is 2. The summed E-state index contributed by atoms with van der Waals surface area (Å²) in [5.74, 6) is -2.53. The first kappa shape index (κ1) is 93.5. The van der Waals surface area contributed by atoms with Crippen LogP contribution in [0.3, 0.4) is 0 Å². The van der Waals surface area contributed by atoms with E-state index in [1.165, 1.54) is 42.3 Å². The summed E-state index contributed by atoms with van der Waals surface area (Å²) in [6.07, 6.45) is 9.67. The summed E-state index contributed by atoms with van der Waals surface area (Å²) in [6.45, 7) is 21.2.